The number of carbonyl (C=O) groups excluding carboxylic acids is 1. The van der Waals surface area contributed by atoms with Crippen molar-refractivity contribution in [3.63, 3.8) is 0 Å². The Labute approximate surface area is 92.5 Å². The second-order valence-electron chi connectivity index (χ2n) is 3.22. The number of nitrogens with one attached hydrogen (secondary N) is 3. The largest absolute Gasteiger partial charge is 0.369 e. The lowest BCUT2D eigenvalue weighted by Gasteiger charge is -2.09. The first-order valence-corrected chi connectivity index (χ1v) is 5.03. The summed E-state index contributed by atoms with van der Waals surface area (Å²) in [4.78, 5) is 28.0. The number of carbonyl (C=O) groups is 1. The van der Waals surface area contributed by atoms with Crippen LogP contribution in [0.1, 0.15) is 19.8 Å². The number of hydrogen-bond acceptors (Lipinski definition) is 5. The van der Waals surface area contributed by atoms with Crippen LogP contribution in [0.4, 0.5) is 17.5 Å². The van der Waals surface area contributed by atoms with Crippen LogP contribution in [0.5, 0.6) is 0 Å². The van der Waals surface area contributed by atoms with Crippen molar-refractivity contribution in [1.82, 2.24) is 9.97 Å². The molecule has 1 rings (SSSR count). The second kappa shape index (κ2) is 5.74. The van der Waals surface area contributed by atoms with Crippen LogP contribution in [-0.4, -0.2) is 22.9 Å². The molecule has 1 amide bonds. The molecule has 7 nitrogen and oxygen atoms in total. The number of anilines is 3. The van der Waals surface area contributed by atoms with Gasteiger partial charge in [-0.1, -0.05) is 13.3 Å². The average Bonchev–Trinajstić information content (AvgIpc) is 2.23. The lowest BCUT2D eigenvalue weighted by molar-refractivity contribution is -0.105. The molecule has 0 spiro atoms. The third-order valence-electron chi connectivity index (χ3n) is 1.96. The van der Waals surface area contributed by atoms with Gasteiger partial charge in [-0.15, -0.1) is 0 Å². The molecule has 0 fully saturated rings. The van der Waals surface area contributed by atoms with Crippen LogP contribution < -0.4 is 21.9 Å². The maximum Gasteiger partial charge on any atom is 0.278 e. The first-order chi connectivity index (χ1) is 7.69. The molecule has 5 N–H and O–H groups in total. The van der Waals surface area contributed by atoms with Crippen molar-refractivity contribution >= 4 is 23.9 Å². The van der Waals surface area contributed by atoms with E-state index in [0.717, 1.165) is 12.8 Å². The van der Waals surface area contributed by atoms with Gasteiger partial charge in [0, 0.05) is 6.54 Å². The van der Waals surface area contributed by atoms with E-state index in [-0.39, 0.29) is 11.6 Å². The minimum Gasteiger partial charge on any atom is -0.369 e. The van der Waals surface area contributed by atoms with E-state index in [1.165, 1.54) is 0 Å². The van der Waals surface area contributed by atoms with E-state index in [0.29, 0.717) is 18.8 Å². The third kappa shape index (κ3) is 2.97. The van der Waals surface area contributed by atoms with Crippen molar-refractivity contribution in [3.05, 3.63) is 10.4 Å². The molecule has 0 saturated heterocycles. The number of aromatic nitrogens is 2. The summed E-state index contributed by atoms with van der Waals surface area (Å²) in [6, 6.07) is 0. The quantitative estimate of drug-likeness (QED) is 0.406. The summed E-state index contributed by atoms with van der Waals surface area (Å²) in [6.07, 6.45) is 2.38. The van der Waals surface area contributed by atoms with Gasteiger partial charge in [0.25, 0.3) is 5.56 Å². The number of hydrogen-bond donors (Lipinski definition) is 4. The van der Waals surface area contributed by atoms with Crippen molar-refractivity contribution < 1.29 is 4.79 Å². The molecule has 0 atom stereocenters. The van der Waals surface area contributed by atoms with Crippen LogP contribution in [0.3, 0.4) is 0 Å². The fourth-order valence-electron chi connectivity index (χ4n) is 1.19. The third-order valence-corrected chi connectivity index (χ3v) is 1.96. The number of rotatable bonds is 6. The zero-order chi connectivity index (χ0) is 12.0. The van der Waals surface area contributed by atoms with E-state index in [1.807, 2.05) is 6.92 Å². The van der Waals surface area contributed by atoms with Crippen molar-refractivity contribution in [2.24, 2.45) is 0 Å². The number of aromatic amines is 1. The molecule has 1 aromatic heterocycles. The van der Waals surface area contributed by atoms with E-state index in [9.17, 15) is 9.59 Å². The van der Waals surface area contributed by atoms with E-state index >= 15 is 0 Å². The lowest BCUT2D eigenvalue weighted by Crippen LogP contribution is -2.20. The Hall–Kier alpha value is -2.05. The Morgan fingerprint density at radius 3 is 2.94 bits per heavy atom. The Morgan fingerprint density at radius 1 is 1.56 bits per heavy atom. The Morgan fingerprint density at radius 2 is 2.31 bits per heavy atom. The normalized spacial score (nSPS) is 9.81. The number of amides is 1. The first-order valence-electron chi connectivity index (χ1n) is 5.03. The molecule has 0 aliphatic heterocycles. The molecule has 1 aromatic rings. The highest BCUT2D eigenvalue weighted by molar-refractivity contribution is 5.78. The van der Waals surface area contributed by atoms with Gasteiger partial charge in [-0.25, -0.2) is 0 Å². The van der Waals surface area contributed by atoms with Crippen LogP contribution in [0.2, 0.25) is 0 Å². The molecular formula is C9H15N5O2. The van der Waals surface area contributed by atoms with Gasteiger partial charge in [0.05, 0.1) is 0 Å². The summed E-state index contributed by atoms with van der Waals surface area (Å²) < 4.78 is 0. The summed E-state index contributed by atoms with van der Waals surface area (Å²) in [5.41, 5.74) is 5.02. The fraction of sp³-hybridized carbons (Fsp3) is 0.444. The highest BCUT2D eigenvalue weighted by Gasteiger charge is 2.08. The molecule has 0 aromatic carbocycles. The molecule has 0 saturated carbocycles. The van der Waals surface area contributed by atoms with Gasteiger partial charge in [-0.3, -0.25) is 14.6 Å². The van der Waals surface area contributed by atoms with Crippen LogP contribution in [-0.2, 0) is 4.79 Å². The van der Waals surface area contributed by atoms with Gasteiger partial charge in [-0.2, -0.15) is 4.98 Å². The van der Waals surface area contributed by atoms with Crippen molar-refractivity contribution in [2.45, 2.75) is 19.8 Å². The highest BCUT2D eigenvalue weighted by Crippen LogP contribution is 2.13. The Bertz CT molecular complexity index is 415. The Kier molecular flexibility index (Phi) is 4.31. The van der Waals surface area contributed by atoms with Gasteiger partial charge >= 0.3 is 0 Å². The van der Waals surface area contributed by atoms with Gasteiger partial charge in [-0.05, 0) is 6.42 Å². The predicted octanol–water partition coefficient (Wildman–Crippen LogP) is 0.132. The molecule has 0 unspecified atom stereocenters. The maximum atomic E-state index is 11.4. The van der Waals surface area contributed by atoms with E-state index in [1.54, 1.807) is 0 Å². The summed E-state index contributed by atoms with van der Waals surface area (Å²) in [5, 5.41) is 5.24. The van der Waals surface area contributed by atoms with Crippen LogP contribution in [0, 0.1) is 0 Å². The van der Waals surface area contributed by atoms with E-state index in [2.05, 4.69) is 20.6 Å². The molecule has 0 bridgehead atoms. The molecule has 1 heterocycles. The van der Waals surface area contributed by atoms with Crippen LogP contribution >= 0.6 is 0 Å². The standard InChI is InChI=1S/C9H15N5O2/c1-2-3-4-11-7-6(12-5-15)8(16)14-9(10)13-7/h5H,2-4H2,1H3,(H,12,15)(H4,10,11,13,14,16). The van der Waals surface area contributed by atoms with Gasteiger partial charge in [0.2, 0.25) is 12.4 Å². The molecule has 7 heteroatoms. The van der Waals surface area contributed by atoms with Crippen LogP contribution in [0.15, 0.2) is 4.79 Å². The average molecular weight is 225 g/mol. The topological polar surface area (TPSA) is 113 Å². The highest BCUT2D eigenvalue weighted by atomic mass is 16.1. The number of unbranched alkanes of at least 4 members (excludes halogenated alkanes) is 1. The first kappa shape index (κ1) is 12.0. The van der Waals surface area contributed by atoms with Gasteiger partial charge in [0.15, 0.2) is 5.82 Å². The Balaban J connectivity index is 2.94. The minimum atomic E-state index is -0.474. The van der Waals surface area contributed by atoms with Gasteiger partial charge in [0.1, 0.15) is 5.69 Å². The SMILES string of the molecule is CCCCNc1nc(N)[nH]c(=O)c1NC=O. The van der Waals surface area contributed by atoms with E-state index < -0.39 is 5.56 Å². The number of nitrogen functional groups attached to an aromatic ring is 1. The molecule has 16 heavy (non-hydrogen) atoms. The predicted molar refractivity (Wildman–Crippen MR) is 62.4 cm³/mol. The number of H-pyrrole nitrogens is 1. The van der Waals surface area contributed by atoms with Crippen LogP contribution in [0.25, 0.3) is 0 Å². The van der Waals surface area contributed by atoms with E-state index in [4.69, 9.17) is 5.73 Å². The summed E-state index contributed by atoms with van der Waals surface area (Å²) in [6.45, 7) is 2.71. The summed E-state index contributed by atoms with van der Waals surface area (Å²) >= 11 is 0. The molecular weight excluding hydrogens is 210 g/mol. The molecule has 0 radical (unpaired) electrons. The zero-order valence-electron chi connectivity index (χ0n) is 9.04. The maximum absolute atomic E-state index is 11.4. The monoisotopic (exact) mass is 225 g/mol. The van der Waals surface area contributed by atoms with Gasteiger partial charge < -0.3 is 16.4 Å². The fourth-order valence-corrected chi connectivity index (χ4v) is 1.19. The smallest absolute Gasteiger partial charge is 0.278 e. The van der Waals surface area contributed by atoms with Crippen molar-refractivity contribution in [3.8, 4) is 0 Å². The number of nitrogens with zero attached hydrogens (tertiary/aromatic N) is 1. The van der Waals surface area contributed by atoms with Crippen molar-refractivity contribution in [1.29, 1.82) is 0 Å². The zero-order valence-corrected chi connectivity index (χ0v) is 9.04. The second-order valence-corrected chi connectivity index (χ2v) is 3.22. The minimum absolute atomic E-state index is 0.0143. The molecule has 88 valence electrons. The molecule has 0 aliphatic carbocycles. The lowest BCUT2D eigenvalue weighted by atomic mass is 10.3. The van der Waals surface area contributed by atoms with Crippen molar-refractivity contribution in [2.75, 3.05) is 22.9 Å². The number of nitrogens with two attached hydrogens (primary N) is 1. The summed E-state index contributed by atoms with van der Waals surface area (Å²) in [7, 11) is 0. The summed E-state index contributed by atoms with van der Waals surface area (Å²) in [5.74, 6) is 0.308. The molecule has 0 aliphatic rings.